The van der Waals surface area contributed by atoms with Crippen LogP contribution in [0.2, 0.25) is 5.02 Å². The van der Waals surface area contributed by atoms with Crippen molar-refractivity contribution in [3.8, 4) is 0 Å². The molecule has 0 aliphatic heterocycles. The van der Waals surface area contributed by atoms with E-state index in [-0.39, 0.29) is 0 Å². The average molecular weight is 264 g/mol. The van der Waals surface area contributed by atoms with Crippen molar-refractivity contribution in [1.29, 1.82) is 0 Å². The highest BCUT2D eigenvalue weighted by Crippen LogP contribution is 2.57. The maximum Gasteiger partial charge on any atom is 0.0438 e. The van der Waals surface area contributed by atoms with Crippen molar-refractivity contribution in [2.24, 2.45) is 17.8 Å². The van der Waals surface area contributed by atoms with Crippen LogP contribution in [-0.4, -0.2) is 13.1 Å². The Kier molecular flexibility index (Phi) is 3.63. The molecule has 2 heteroatoms. The van der Waals surface area contributed by atoms with Crippen molar-refractivity contribution in [2.45, 2.75) is 38.1 Å². The highest BCUT2D eigenvalue weighted by molar-refractivity contribution is 6.31. The first-order chi connectivity index (χ1) is 8.81. The summed E-state index contributed by atoms with van der Waals surface area (Å²) >= 11 is 6.28. The minimum absolute atomic E-state index is 0.609. The van der Waals surface area contributed by atoms with Gasteiger partial charge >= 0.3 is 0 Å². The van der Waals surface area contributed by atoms with E-state index in [0.29, 0.717) is 6.04 Å². The topological polar surface area (TPSA) is 12.0 Å². The molecule has 3 atom stereocenters. The van der Waals surface area contributed by atoms with Crippen LogP contribution in [-0.2, 0) is 6.42 Å². The minimum Gasteiger partial charge on any atom is -0.316 e. The van der Waals surface area contributed by atoms with Crippen molar-refractivity contribution < 1.29 is 0 Å². The fourth-order valence-corrected chi connectivity index (χ4v) is 4.19. The molecule has 0 spiro atoms. The molecule has 2 aliphatic rings. The lowest BCUT2D eigenvalue weighted by molar-refractivity contribution is 0.460. The zero-order chi connectivity index (χ0) is 12.5. The molecule has 18 heavy (non-hydrogen) atoms. The molecule has 2 fully saturated rings. The van der Waals surface area contributed by atoms with Gasteiger partial charge in [0.25, 0.3) is 0 Å². The number of benzene rings is 1. The van der Waals surface area contributed by atoms with Crippen LogP contribution >= 0.6 is 11.6 Å². The Hall–Kier alpha value is -0.530. The monoisotopic (exact) mass is 263 g/mol. The van der Waals surface area contributed by atoms with Crippen LogP contribution in [0.25, 0.3) is 0 Å². The molecular weight excluding hydrogens is 242 g/mol. The summed E-state index contributed by atoms with van der Waals surface area (Å²) in [5.41, 5.74) is 1.29. The number of likely N-dealkylation sites (N-methyl/N-ethyl adjacent to an activating group) is 1. The summed E-state index contributed by atoms with van der Waals surface area (Å²) in [6.45, 7) is 0. The molecule has 1 N–H and O–H groups in total. The predicted molar refractivity (Wildman–Crippen MR) is 76.9 cm³/mol. The summed E-state index contributed by atoms with van der Waals surface area (Å²) in [5.74, 6) is 2.89. The molecule has 3 unspecified atom stereocenters. The molecule has 1 nitrogen and oxygen atoms in total. The predicted octanol–water partition coefficient (Wildman–Crippen LogP) is 3.91. The highest BCUT2D eigenvalue weighted by atomic mass is 35.5. The lowest BCUT2D eigenvalue weighted by Gasteiger charge is -2.17. The number of halogens is 1. The quantitative estimate of drug-likeness (QED) is 0.869. The first kappa shape index (κ1) is 12.5. The third-order valence-corrected chi connectivity index (χ3v) is 5.32. The van der Waals surface area contributed by atoms with Crippen molar-refractivity contribution in [2.75, 3.05) is 7.05 Å². The SMILES string of the molecule is CNC(Cc1ccccc1Cl)C1C2CCCCC21. The van der Waals surface area contributed by atoms with E-state index in [1.807, 2.05) is 12.1 Å². The largest absolute Gasteiger partial charge is 0.316 e. The standard InChI is InChI=1S/C16H22ClN/c1-18-15(10-11-6-2-5-9-14(11)17)16-12-7-3-4-8-13(12)16/h2,5-6,9,12-13,15-16,18H,3-4,7-8,10H2,1H3. The van der Waals surface area contributed by atoms with Gasteiger partial charge in [-0.3, -0.25) is 0 Å². The third kappa shape index (κ3) is 2.31. The zero-order valence-corrected chi connectivity index (χ0v) is 11.8. The summed E-state index contributed by atoms with van der Waals surface area (Å²) in [7, 11) is 2.10. The van der Waals surface area contributed by atoms with E-state index in [2.05, 4.69) is 24.5 Å². The second-order valence-corrected chi connectivity index (χ2v) is 6.29. The maximum absolute atomic E-state index is 6.28. The third-order valence-electron chi connectivity index (χ3n) is 4.96. The molecular formula is C16H22ClN. The van der Waals surface area contributed by atoms with Crippen LogP contribution in [0, 0.1) is 17.8 Å². The van der Waals surface area contributed by atoms with Gasteiger partial charge in [0.05, 0.1) is 0 Å². The first-order valence-electron chi connectivity index (χ1n) is 7.22. The van der Waals surface area contributed by atoms with Crippen molar-refractivity contribution in [3.63, 3.8) is 0 Å². The van der Waals surface area contributed by atoms with E-state index in [9.17, 15) is 0 Å². The Bertz CT molecular complexity index is 405. The van der Waals surface area contributed by atoms with Crippen molar-refractivity contribution >= 4 is 11.6 Å². The van der Waals surface area contributed by atoms with Crippen LogP contribution < -0.4 is 5.32 Å². The Morgan fingerprint density at radius 2 is 1.89 bits per heavy atom. The molecule has 0 amide bonds. The number of hydrogen-bond donors (Lipinski definition) is 1. The van der Waals surface area contributed by atoms with Gasteiger partial charge in [0.15, 0.2) is 0 Å². The van der Waals surface area contributed by atoms with E-state index < -0.39 is 0 Å². The summed E-state index contributed by atoms with van der Waals surface area (Å²) in [6.07, 6.45) is 6.88. The first-order valence-corrected chi connectivity index (χ1v) is 7.59. The van der Waals surface area contributed by atoms with Gasteiger partial charge in [-0.2, -0.15) is 0 Å². The average Bonchev–Trinajstić information content (AvgIpc) is 3.12. The smallest absolute Gasteiger partial charge is 0.0438 e. The summed E-state index contributed by atoms with van der Waals surface area (Å²) < 4.78 is 0. The molecule has 0 heterocycles. The number of nitrogens with one attached hydrogen (secondary N) is 1. The fraction of sp³-hybridized carbons (Fsp3) is 0.625. The Balaban J connectivity index is 1.69. The molecule has 1 aromatic rings. The van der Waals surface area contributed by atoms with E-state index in [4.69, 9.17) is 11.6 Å². The van der Waals surface area contributed by atoms with E-state index >= 15 is 0 Å². The van der Waals surface area contributed by atoms with Crippen LogP contribution in [0.15, 0.2) is 24.3 Å². The van der Waals surface area contributed by atoms with Gasteiger partial charge in [-0.1, -0.05) is 42.6 Å². The Morgan fingerprint density at radius 1 is 1.22 bits per heavy atom. The normalized spacial score (nSPS) is 31.8. The molecule has 98 valence electrons. The second-order valence-electron chi connectivity index (χ2n) is 5.88. The number of hydrogen-bond acceptors (Lipinski definition) is 1. The molecule has 0 aromatic heterocycles. The second kappa shape index (κ2) is 5.22. The molecule has 3 rings (SSSR count). The minimum atomic E-state index is 0.609. The van der Waals surface area contributed by atoms with Gasteiger partial charge < -0.3 is 5.32 Å². The van der Waals surface area contributed by atoms with E-state index in [0.717, 1.165) is 29.2 Å². The van der Waals surface area contributed by atoms with Crippen LogP contribution in [0.5, 0.6) is 0 Å². The lowest BCUT2D eigenvalue weighted by Crippen LogP contribution is -2.31. The Labute approximate surface area is 115 Å². The van der Waals surface area contributed by atoms with Gasteiger partial charge in [0.2, 0.25) is 0 Å². The molecule has 2 aliphatic carbocycles. The lowest BCUT2D eigenvalue weighted by atomic mass is 10.00. The van der Waals surface area contributed by atoms with Crippen LogP contribution in [0.1, 0.15) is 31.2 Å². The van der Waals surface area contributed by atoms with Gasteiger partial charge in [-0.05, 0) is 55.7 Å². The molecule has 0 bridgehead atoms. The van der Waals surface area contributed by atoms with Crippen molar-refractivity contribution in [3.05, 3.63) is 34.9 Å². The van der Waals surface area contributed by atoms with Crippen molar-refractivity contribution in [1.82, 2.24) is 5.32 Å². The Morgan fingerprint density at radius 3 is 2.50 bits per heavy atom. The van der Waals surface area contributed by atoms with Gasteiger partial charge in [-0.15, -0.1) is 0 Å². The molecule has 0 saturated heterocycles. The zero-order valence-electron chi connectivity index (χ0n) is 11.0. The van der Waals surface area contributed by atoms with Crippen LogP contribution in [0.4, 0.5) is 0 Å². The fourth-order valence-electron chi connectivity index (χ4n) is 3.98. The van der Waals surface area contributed by atoms with E-state index in [1.165, 1.54) is 31.2 Å². The maximum atomic E-state index is 6.28. The number of rotatable bonds is 4. The molecule has 1 aromatic carbocycles. The van der Waals surface area contributed by atoms with Gasteiger partial charge in [-0.25, -0.2) is 0 Å². The molecule has 0 radical (unpaired) electrons. The highest BCUT2D eigenvalue weighted by Gasteiger charge is 2.53. The van der Waals surface area contributed by atoms with E-state index in [1.54, 1.807) is 0 Å². The summed E-state index contributed by atoms with van der Waals surface area (Å²) in [6, 6.07) is 8.88. The summed E-state index contributed by atoms with van der Waals surface area (Å²) in [4.78, 5) is 0. The van der Waals surface area contributed by atoms with Gasteiger partial charge in [0, 0.05) is 11.1 Å². The summed E-state index contributed by atoms with van der Waals surface area (Å²) in [5, 5.41) is 4.46. The molecule has 2 saturated carbocycles. The van der Waals surface area contributed by atoms with Gasteiger partial charge in [0.1, 0.15) is 0 Å². The van der Waals surface area contributed by atoms with Crippen LogP contribution in [0.3, 0.4) is 0 Å². The number of fused-ring (bicyclic) bond motifs is 1.